The molecule has 22 heavy (non-hydrogen) atoms. The summed E-state index contributed by atoms with van der Waals surface area (Å²) in [5.41, 5.74) is 8.54. The minimum Gasteiger partial charge on any atom is -0.382 e. The van der Waals surface area contributed by atoms with E-state index in [1.54, 1.807) is 4.68 Å². The van der Waals surface area contributed by atoms with Gasteiger partial charge in [0.1, 0.15) is 0 Å². The van der Waals surface area contributed by atoms with Crippen molar-refractivity contribution in [2.45, 2.75) is 27.3 Å². The number of nitrogens with two attached hydrogens (primary N) is 1. The van der Waals surface area contributed by atoms with E-state index in [0.29, 0.717) is 29.8 Å². The smallest absolute Gasteiger partial charge is 0.282 e. The Kier molecular flexibility index (Phi) is 3.62. The number of anilines is 1. The van der Waals surface area contributed by atoms with Crippen LogP contribution in [0, 0.1) is 12.8 Å². The minimum absolute atomic E-state index is 0.281. The Morgan fingerprint density at radius 2 is 1.95 bits per heavy atom. The van der Waals surface area contributed by atoms with E-state index >= 15 is 0 Å². The molecule has 0 atom stereocenters. The van der Waals surface area contributed by atoms with Crippen molar-refractivity contribution in [3.8, 4) is 23.0 Å². The number of nitrogen functional groups attached to an aromatic ring is 1. The number of aryl methyl sites for hydroxylation is 1. The largest absolute Gasteiger partial charge is 0.382 e. The Labute approximate surface area is 128 Å². The maximum Gasteiger partial charge on any atom is 0.282 e. The fourth-order valence-corrected chi connectivity index (χ4v) is 2.09. The monoisotopic (exact) mass is 298 g/mol. The Morgan fingerprint density at radius 3 is 2.64 bits per heavy atom. The predicted octanol–water partition coefficient (Wildman–Crippen LogP) is 2.54. The maximum absolute atomic E-state index is 6.06. The summed E-state index contributed by atoms with van der Waals surface area (Å²) in [6.45, 7) is 6.89. The molecule has 0 saturated heterocycles. The molecule has 0 bridgehead atoms. The van der Waals surface area contributed by atoms with Crippen LogP contribution in [0.5, 0.6) is 0 Å². The van der Waals surface area contributed by atoms with E-state index in [9.17, 15) is 0 Å². The zero-order valence-corrected chi connectivity index (χ0v) is 12.8. The van der Waals surface area contributed by atoms with E-state index in [1.807, 2.05) is 31.2 Å². The van der Waals surface area contributed by atoms with Crippen molar-refractivity contribution in [3.05, 3.63) is 29.8 Å². The van der Waals surface area contributed by atoms with Crippen LogP contribution in [0.25, 0.3) is 23.0 Å². The molecule has 0 saturated carbocycles. The highest BCUT2D eigenvalue weighted by Crippen LogP contribution is 2.25. The van der Waals surface area contributed by atoms with Crippen LogP contribution in [0.4, 0.5) is 5.82 Å². The van der Waals surface area contributed by atoms with Crippen LogP contribution < -0.4 is 5.73 Å². The van der Waals surface area contributed by atoms with Crippen molar-refractivity contribution in [2.24, 2.45) is 5.92 Å². The van der Waals surface area contributed by atoms with Crippen molar-refractivity contribution < 1.29 is 4.52 Å². The van der Waals surface area contributed by atoms with Gasteiger partial charge in [-0.3, -0.25) is 0 Å². The molecule has 0 radical (unpaired) electrons. The van der Waals surface area contributed by atoms with Crippen molar-refractivity contribution in [1.82, 2.24) is 25.1 Å². The van der Waals surface area contributed by atoms with Crippen LogP contribution >= 0.6 is 0 Å². The number of aromatic nitrogens is 5. The zero-order chi connectivity index (χ0) is 15.7. The molecule has 0 unspecified atom stereocenters. The standard InChI is InChI=1S/C15H18N6O/c1-9(2)8-21-13(16)12(18-20-21)15-17-14(19-22-15)11-6-4-10(3)5-7-11/h4-7,9H,8,16H2,1-3H3. The van der Waals surface area contributed by atoms with E-state index < -0.39 is 0 Å². The van der Waals surface area contributed by atoms with Gasteiger partial charge in [0, 0.05) is 12.1 Å². The van der Waals surface area contributed by atoms with Gasteiger partial charge in [0.05, 0.1) is 0 Å². The molecule has 3 aromatic rings. The second kappa shape index (κ2) is 5.59. The molecule has 0 amide bonds. The topological polar surface area (TPSA) is 95.7 Å². The number of rotatable bonds is 4. The Hall–Kier alpha value is -2.70. The van der Waals surface area contributed by atoms with Crippen molar-refractivity contribution in [1.29, 1.82) is 0 Å². The highest BCUT2D eigenvalue weighted by molar-refractivity contribution is 5.64. The first-order valence-electron chi connectivity index (χ1n) is 7.14. The molecule has 0 aliphatic carbocycles. The van der Waals surface area contributed by atoms with E-state index in [4.69, 9.17) is 10.3 Å². The summed E-state index contributed by atoms with van der Waals surface area (Å²) in [7, 11) is 0. The van der Waals surface area contributed by atoms with Crippen LogP contribution in [0.1, 0.15) is 19.4 Å². The highest BCUT2D eigenvalue weighted by Gasteiger charge is 2.19. The fourth-order valence-electron chi connectivity index (χ4n) is 2.09. The van der Waals surface area contributed by atoms with Gasteiger partial charge in [-0.05, 0) is 12.8 Å². The summed E-state index contributed by atoms with van der Waals surface area (Å²) in [5.74, 6) is 1.64. The van der Waals surface area contributed by atoms with Gasteiger partial charge in [0.2, 0.25) is 5.82 Å². The first-order chi connectivity index (χ1) is 10.5. The molecule has 1 aromatic carbocycles. The van der Waals surface area contributed by atoms with E-state index in [-0.39, 0.29) is 5.89 Å². The number of benzene rings is 1. The van der Waals surface area contributed by atoms with Gasteiger partial charge in [-0.2, -0.15) is 4.98 Å². The second-order valence-electron chi connectivity index (χ2n) is 5.69. The Bertz CT molecular complexity index is 772. The third-order valence-corrected chi connectivity index (χ3v) is 3.25. The maximum atomic E-state index is 6.06. The van der Waals surface area contributed by atoms with E-state index in [1.165, 1.54) is 5.56 Å². The van der Waals surface area contributed by atoms with E-state index in [0.717, 1.165) is 5.56 Å². The fraction of sp³-hybridized carbons (Fsp3) is 0.333. The summed E-state index contributed by atoms with van der Waals surface area (Å²) < 4.78 is 6.93. The summed E-state index contributed by atoms with van der Waals surface area (Å²) in [5, 5.41) is 12.1. The first kappa shape index (κ1) is 14.2. The van der Waals surface area contributed by atoms with Gasteiger partial charge >= 0.3 is 0 Å². The van der Waals surface area contributed by atoms with Gasteiger partial charge in [-0.1, -0.05) is 54.0 Å². The van der Waals surface area contributed by atoms with E-state index in [2.05, 4.69) is 34.3 Å². The minimum atomic E-state index is 0.281. The molecular weight excluding hydrogens is 280 g/mol. The van der Waals surface area contributed by atoms with Gasteiger partial charge in [-0.15, -0.1) is 5.10 Å². The van der Waals surface area contributed by atoms with Crippen LogP contribution in [-0.2, 0) is 6.54 Å². The van der Waals surface area contributed by atoms with Crippen LogP contribution in [-0.4, -0.2) is 25.1 Å². The molecule has 2 aromatic heterocycles. The van der Waals surface area contributed by atoms with Crippen LogP contribution in [0.2, 0.25) is 0 Å². The Morgan fingerprint density at radius 1 is 1.23 bits per heavy atom. The summed E-state index contributed by atoms with van der Waals surface area (Å²) in [6, 6.07) is 7.89. The number of hydrogen-bond acceptors (Lipinski definition) is 6. The van der Waals surface area contributed by atoms with Crippen LogP contribution in [0.15, 0.2) is 28.8 Å². The van der Waals surface area contributed by atoms with Crippen molar-refractivity contribution in [2.75, 3.05) is 5.73 Å². The average Bonchev–Trinajstić information content (AvgIpc) is 3.08. The highest BCUT2D eigenvalue weighted by atomic mass is 16.5. The Balaban J connectivity index is 1.91. The molecule has 0 spiro atoms. The van der Waals surface area contributed by atoms with Gasteiger partial charge in [0.25, 0.3) is 5.89 Å². The molecule has 114 valence electrons. The third kappa shape index (κ3) is 2.69. The average molecular weight is 298 g/mol. The summed E-state index contributed by atoms with van der Waals surface area (Å²) in [4.78, 5) is 4.36. The van der Waals surface area contributed by atoms with Gasteiger partial charge in [0.15, 0.2) is 11.5 Å². The molecule has 0 aliphatic heterocycles. The summed E-state index contributed by atoms with van der Waals surface area (Å²) >= 11 is 0. The molecule has 2 N–H and O–H groups in total. The SMILES string of the molecule is Cc1ccc(-c2noc(-c3nnn(CC(C)C)c3N)n2)cc1. The number of hydrogen-bond donors (Lipinski definition) is 1. The lowest BCUT2D eigenvalue weighted by Gasteiger charge is -2.04. The molecule has 7 heteroatoms. The summed E-state index contributed by atoms with van der Waals surface area (Å²) in [6.07, 6.45) is 0. The zero-order valence-electron chi connectivity index (χ0n) is 12.8. The third-order valence-electron chi connectivity index (χ3n) is 3.25. The first-order valence-corrected chi connectivity index (χ1v) is 7.14. The quantitative estimate of drug-likeness (QED) is 0.795. The molecule has 0 fully saturated rings. The van der Waals surface area contributed by atoms with Gasteiger partial charge < -0.3 is 10.3 Å². The number of nitrogens with zero attached hydrogens (tertiary/aromatic N) is 5. The normalized spacial score (nSPS) is 11.3. The van der Waals surface area contributed by atoms with Crippen molar-refractivity contribution in [3.63, 3.8) is 0 Å². The lowest BCUT2D eigenvalue weighted by Crippen LogP contribution is -2.09. The molecule has 2 heterocycles. The van der Waals surface area contributed by atoms with Gasteiger partial charge in [-0.25, -0.2) is 4.68 Å². The van der Waals surface area contributed by atoms with Crippen molar-refractivity contribution >= 4 is 5.82 Å². The lowest BCUT2D eigenvalue weighted by molar-refractivity contribution is 0.431. The molecule has 0 aliphatic rings. The second-order valence-corrected chi connectivity index (χ2v) is 5.69. The lowest BCUT2D eigenvalue weighted by atomic mass is 10.1. The molecule has 7 nitrogen and oxygen atoms in total. The van der Waals surface area contributed by atoms with Crippen LogP contribution in [0.3, 0.4) is 0 Å². The molecule has 3 rings (SSSR count). The predicted molar refractivity (Wildman–Crippen MR) is 82.7 cm³/mol. The molecular formula is C15H18N6O.